The van der Waals surface area contributed by atoms with Crippen molar-refractivity contribution in [2.24, 2.45) is 0 Å². The largest absolute Gasteiger partial charge is 0.398 e. The average Bonchev–Trinajstić information content (AvgIpc) is 2.26. The molecule has 0 atom stereocenters. The fourth-order valence-electron chi connectivity index (χ4n) is 2.14. The van der Waals surface area contributed by atoms with Crippen molar-refractivity contribution in [3.8, 4) is 0 Å². The molecule has 0 bridgehead atoms. The first-order valence-electron chi connectivity index (χ1n) is 6.08. The van der Waals surface area contributed by atoms with Gasteiger partial charge in [-0.25, -0.2) is 4.98 Å². The van der Waals surface area contributed by atoms with Gasteiger partial charge in [-0.15, -0.1) is 0 Å². The number of rotatable bonds is 1. The van der Waals surface area contributed by atoms with Gasteiger partial charge < -0.3 is 10.6 Å². The molecule has 1 saturated heterocycles. The lowest BCUT2D eigenvalue weighted by Crippen LogP contribution is -2.57. The molecule has 1 aliphatic heterocycles. The zero-order valence-corrected chi connectivity index (χ0v) is 11.2. The topological polar surface area (TPSA) is 45.4 Å². The van der Waals surface area contributed by atoms with Gasteiger partial charge in [0.05, 0.1) is 0 Å². The summed E-state index contributed by atoms with van der Waals surface area (Å²) in [7, 11) is 2.17. The fourth-order valence-corrected chi connectivity index (χ4v) is 2.14. The second-order valence-corrected chi connectivity index (χ2v) is 5.55. The van der Waals surface area contributed by atoms with Gasteiger partial charge in [0, 0.05) is 43.1 Å². The van der Waals surface area contributed by atoms with Crippen LogP contribution in [0.4, 0.5) is 11.5 Å². The number of nitrogens with two attached hydrogens (primary N) is 1. The predicted molar refractivity (Wildman–Crippen MR) is 72.3 cm³/mol. The molecular formula is C13H22N4. The van der Waals surface area contributed by atoms with Gasteiger partial charge in [0.15, 0.2) is 0 Å². The summed E-state index contributed by atoms with van der Waals surface area (Å²) in [6, 6.07) is 1.98. The number of hydrogen-bond donors (Lipinski definition) is 1. The first kappa shape index (κ1) is 12.2. The van der Waals surface area contributed by atoms with E-state index in [9.17, 15) is 0 Å². The number of pyridine rings is 1. The molecule has 0 amide bonds. The van der Waals surface area contributed by atoms with E-state index in [1.54, 1.807) is 0 Å². The normalized spacial score (nSPS) is 20.6. The fraction of sp³-hybridized carbons (Fsp3) is 0.615. The molecule has 1 fully saturated rings. The summed E-state index contributed by atoms with van der Waals surface area (Å²) in [4.78, 5) is 9.19. The SMILES string of the molecule is Cc1cnc(N2CCN(C)C(C)(C)C2)cc1N. The molecule has 4 nitrogen and oxygen atoms in total. The van der Waals surface area contributed by atoms with E-state index < -0.39 is 0 Å². The van der Waals surface area contributed by atoms with E-state index in [0.29, 0.717) is 0 Å². The minimum Gasteiger partial charge on any atom is -0.398 e. The minimum atomic E-state index is 0.180. The molecule has 0 unspecified atom stereocenters. The van der Waals surface area contributed by atoms with Gasteiger partial charge in [-0.1, -0.05) is 0 Å². The Balaban J connectivity index is 2.21. The van der Waals surface area contributed by atoms with Crippen molar-refractivity contribution in [2.75, 3.05) is 37.3 Å². The predicted octanol–water partition coefficient (Wildman–Crippen LogP) is 1.50. The molecule has 2 rings (SSSR count). The van der Waals surface area contributed by atoms with Gasteiger partial charge in [0.2, 0.25) is 0 Å². The second-order valence-electron chi connectivity index (χ2n) is 5.55. The molecular weight excluding hydrogens is 212 g/mol. The zero-order chi connectivity index (χ0) is 12.6. The highest BCUT2D eigenvalue weighted by atomic mass is 15.3. The van der Waals surface area contributed by atoms with Crippen LogP contribution in [-0.4, -0.2) is 42.1 Å². The second kappa shape index (κ2) is 4.18. The summed E-state index contributed by atoms with van der Waals surface area (Å²) >= 11 is 0. The molecule has 2 N–H and O–H groups in total. The van der Waals surface area contributed by atoms with Gasteiger partial charge in [0.25, 0.3) is 0 Å². The van der Waals surface area contributed by atoms with Crippen LogP contribution in [0.5, 0.6) is 0 Å². The number of nitrogens with zero attached hydrogens (tertiary/aromatic N) is 3. The lowest BCUT2D eigenvalue weighted by Gasteiger charge is -2.45. The Labute approximate surface area is 103 Å². The van der Waals surface area contributed by atoms with Crippen molar-refractivity contribution in [2.45, 2.75) is 26.3 Å². The third-order valence-electron chi connectivity index (χ3n) is 3.77. The Morgan fingerprint density at radius 3 is 2.65 bits per heavy atom. The van der Waals surface area contributed by atoms with Crippen molar-refractivity contribution < 1.29 is 0 Å². The zero-order valence-electron chi connectivity index (χ0n) is 11.2. The summed E-state index contributed by atoms with van der Waals surface area (Å²) in [5, 5.41) is 0. The van der Waals surface area contributed by atoms with Crippen LogP contribution in [0.3, 0.4) is 0 Å². The molecule has 1 aromatic heterocycles. The molecule has 4 heteroatoms. The quantitative estimate of drug-likeness (QED) is 0.800. The molecule has 1 aliphatic rings. The average molecular weight is 234 g/mol. The summed E-state index contributed by atoms with van der Waals surface area (Å²) in [6.07, 6.45) is 1.86. The van der Waals surface area contributed by atoms with Crippen LogP contribution in [0.25, 0.3) is 0 Å². The Morgan fingerprint density at radius 2 is 2.06 bits per heavy atom. The van der Waals surface area contributed by atoms with Crippen molar-refractivity contribution in [1.29, 1.82) is 0 Å². The van der Waals surface area contributed by atoms with Crippen LogP contribution in [0, 0.1) is 6.92 Å². The molecule has 0 radical (unpaired) electrons. The van der Waals surface area contributed by atoms with Crippen LogP contribution in [0.1, 0.15) is 19.4 Å². The molecule has 2 heterocycles. The molecule has 0 saturated carbocycles. The summed E-state index contributed by atoms with van der Waals surface area (Å²) in [5.41, 5.74) is 7.99. The van der Waals surface area contributed by atoms with Gasteiger partial charge in [-0.2, -0.15) is 0 Å². The minimum absolute atomic E-state index is 0.180. The Bertz CT molecular complexity index is 414. The van der Waals surface area contributed by atoms with Crippen molar-refractivity contribution >= 4 is 11.5 Å². The maximum absolute atomic E-state index is 5.95. The Kier molecular flexibility index (Phi) is 3.00. The van der Waals surface area contributed by atoms with Gasteiger partial charge in [0.1, 0.15) is 5.82 Å². The lowest BCUT2D eigenvalue weighted by molar-refractivity contribution is 0.138. The van der Waals surface area contributed by atoms with Crippen molar-refractivity contribution in [1.82, 2.24) is 9.88 Å². The number of hydrogen-bond acceptors (Lipinski definition) is 4. The van der Waals surface area contributed by atoms with E-state index in [4.69, 9.17) is 5.73 Å². The van der Waals surface area contributed by atoms with Gasteiger partial charge >= 0.3 is 0 Å². The highest BCUT2D eigenvalue weighted by molar-refractivity contribution is 5.55. The smallest absolute Gasteiger partial charge is 0.130 e. The van der Waals surface area contributed by atoms with Crippen molar-refractivity contribution in [3.05, 3.63) is 17.8 Å². The molecule has 0 spiro atoms. The molecule has 1 aromatic rings. The maximum atomic E-state index is 5.95. The number of anilines is 2. The van der Waals surface area contributed by atoms with Crippen LogP contribution in [0.2, 0.25) is 0 Å². The maximum Gasteiger partial charge on any atom is 0.130 e. The summed E-state index contributed by atoms with van der Waals surface area (Å²) in [6.45, 7) is 9.56. The van der Waals surface area contributed by atoms with Crippen LogP contribution < -0.4 is 10.6 Å². The molecule has 17 heavy (non-hydrogen) atoms. The number of piperazine rings is 1. The van der Waals surface area contributed by atoms with E-state index in [-0.39, 0.29) is 5.54 Å². The van der Waals surface area contributed by atoms with Gasteiger partial charge in [-0.05, 0) is 33.4 Å². The van der Waals surface area contributed by atoms with Gasteiger partial charge in [-0.3, -0.25) is 4.90 Å². The molecule has 0 aliphatic carbocycles. The van der Waals surface area contributed by atoms with Crippen molar-refractivity contribution in [3.63, 3.8) is 0 Å². The molecule has 94 valence electrons. The summed E-state index contributed by atoms with van der Waals surface area (Å²) in [5.74, 6) is 0.995. The highest BCUT2D eigenvalue weighted by Crippen LogP contribution is 2.24. The molecule has 0 aromatic carbocycles. The third kappa shape index (κ3) is 2.36. The number of aromatic nitrogens is 1. The van der Waals surface area contributed by atoms with E-state index >= 15 is 0 Å². The lowest BCUT2D eigenvalue weighted by atomic mass is 10.00. The first-order chi connectivity index (χ1) is 7.90. The van der Waals surface area contributed by atoms with E-state index in [1.165, 1.54) is 0 Å². The highest BCUT2D eigenvalue weighted by Gasteiger charge is 2.31. The number of likely N-dealkylation sites (N-methyl/N-ethyl adjacent to an activating group) is 1. The van der Waals surface area contributed by atoms with E-state index in [2.05, 4.69) is 35.7 Å². The van der Waals surface area contributed by atoms with Crippen LogP contribution >= 0.6 is 0 Å². The monoisotopic (exact) mass is 234 g/mol. The van der Waals surface area contributed by atoms with E-state index in [1.807, 2.05) is 19.2 Å². The van der Waals surface area contributed by atoms with Crippen LogP contribution in [-0.2, 0) is 0 Å². The first-order valence-corrected chi connectivity index (χ1v) is 6.08. The van der Waals surface area contributed by atoms with Crippen LogP contribution in [0.15, 0.2) is 12.3 Å². The third-order valence-corrected chi connectivity index (χ3v) is 3.77. The Hall–Kier alpha value is -1.29. The van der Waals surface area contributed by atoms with E-state index in [0.717, 1.165) is 36.7 Å². The number of nitrogen functional groups attached to an aromatic ring is 1. The standard InChI is InChI=1S/C13H22N4/c1-10-8-15-12(7-11(10)14)17-6-5-16(4)13(2,3)9-17/h7-8H,5-6,9H2,1-4H3,(H2,14,15). The number of aryl methyl sites for hydroxylation is 1. The summed E-state index contributed by atoms with van der Waals surface area (Å²) < 4.78 is 0. The Morgan fingerprint density at radius 1 is 1.35 bits per heavy atom.